The van der Waals surface area contributed by atoms with E-state index in [1.54, 1.807) is 20.0 Å². The molecule has 2 aliphatic rings. The Balaban J connectivity index is 1.35. The highest BCUT2D eigenvalue weighted by molar-refractivity contribution is 5.78. The highest BCUT2D eigenvalue weighted by atomic mass is 19.4. The summed E-state index contributed by atoms with van der Waals surface area (Å²) in [6.07, 6.45) is -3.56. The normalized spacial score (nSPS) is 18.2. The van der Waals surface area contributed by atoms with Crippen LogP contribution < -0.4 is 15.4 Å². The molecule has 3 aromatic heterocycles. The van der Waals surface area contributed by atoms with Crippen molar-refractivity contribution in [2.24, 2.45) is 12.5 Å². The van der Waals surface area contributed by atoms with Crippen molar-refractivity contribution in [3.05, 3.63) is 40.1 Å². The molecule has 0 atom stereocenters. The van der Waals surface area contributed by atoms with Gasteiger partial charge in [-0.05, 0) is 43.7 Å². The number of pyridine rings is 1. The molecule has 36 heavy (non-hydrogen) atoms. The summed E-state index contributed by atoms with van der Waals surface area (Å²) in [5.41, 5.74) is -0.281. The lowest BCUT2D eigenvalue weighted by Crippen LogP contribution is -2.44. The molecule has 2 fully saturated rings. The molecule has 194 valence electrons. The van der Waals surface area contributed by atoms with Crippen molar-refractivity contribution in [2.75, 3.05) is 36.0 Å². The van der Waals surface area contributed by atoms with E-state index in [4.69, 9.17) is 0 Å². The van der Waals surface area contributed by atoms with Gasteiger partial charge in [-0.25, -0.2) is 13.5 Å². The summed E-state index contributed by atoms with van der Waals surface area (Å²) in [6.45, 7) is 3.42. The van der Waals surface area contributed by atoms with Gasteiger partial charge in [-0.3, -0.25) is 14.3 Å². The highest BCUT2D eigenvalue weighted by Gasteiger charge is 2.42. The van der Waals surface area contributed by atoms with Crippen LogP contribution in [0.15, 0.2) is 23.1 Å². The minimum atomic E-state index is -4.49. The first kappa shape index (κ1) is 24.4. The molecule has 0 radical (unpaired) electrons. The Bertz CT molecular complexity index is 1340. The lowest BCUT2D eigenvalue weighted by Gasteiger charge is -2.40. The van der Waals surface area contributed by atoms with Gasteiger partial charge in [0.1, 0.15) is 17.6 Å². The SMILES string of the molecule is Cc1nn(CC(F)F)c2nc(N3CCC4(CCN(c5ccnc(C(F)(F)F)c5)C4)CC3)n(C)c(=O)c12. The molecule has 3 aromatic rings. The first-order valence-corrected chi connectivity index (χ1v) is 11.7. The van der Waals surface area contributed by atoms with E-state index < -0.39 is 24.8 Å². The molecule has 0 N–H and O–H groups in total. The number of hydrogen-bond acceptors (Lipinski definition) is 6. The summed E-state index contributed by atoms with van der Waals surface area (Å²) in [4.78, 5) is 25.0. The molecule has 5 heterocycles. The number of aromatic nitrogens is 5. The maximum atomic E-state index is 13.1. The second-order valence-corrected chi connectivity index (χ2v) is 9.69. The zero-order valence-corrected chi connectivity index (χ0v) is 19.9. The first-order chi connectivity index (χ1) is 17.0. The minimum Gasteiger partial charge on any atom is -0.371 e. The Labute approximate surface area is 203 Å². The van der Waals surface area contributed by atoms with Crippen LogP contribution in [0.25, 0.3) is 11.0 Å². The maximum absolute atomic E-state index is 13.1. The van der Waals surface area contributed by atoms with E-state index in [1.807, 2.05) is 9.80 Å². The second kappa shape index (κ2) is 8.70. The number of hydrogen-bond donors (Lipinski definition) is 0. The van der Waals surface area contributed by atoms with E-state index in [1.165, 1.54) is 10.8 Å². The van der Waals surface area contributed by atoms with E-state index in [-0.39, 0.29) is 22.0 Å². The van der Waals surface area contributed by atoms with Crippen LogP contribution in [0.1, 0.15) is 30.7 Å². The van der Waals surface area contributed by atoms with Crippen molar-refractivity contribution in [3.8, 4) is 0 Å². The summed E-state index contributed by atoms with van der Waals surface area (Å²) in [5, 5.41) is 4.33. The maximum Gasteiger partial charge on any atom is 0.433 e. The highest BCUT2D eigenvalue weighted by Crippen LogP contribution is 2.43. The van der Waals surface area contributed by atoms with Crippen molar-refractivity contribution in [2.45, 2.75) is 45.3 Å². The van der Waals surface area contributed by atoms with Crippen LogP contribution in [0.4, 0.5) is 33.6 Å². The quantitative estimate of drug-likeness (QED) is 0.499. The number of halogens is 5. The minimum absolute atomic E-state index is 0.0603. The van der Waals surface area contributed by atoms with Gasteiger partial charge in [-0.1, -0.05) is 0 Å². The van der Waals surface area contributed by atoms with Crippen LogP contribution in [-0.2, 0) is 19.8 Å². The number of piperidine rings is 1. The fourth-order valence-corrected chi connectivity index (χ4v) is 5.42. The molecular formula is C23H26F5N7O. The number of fused-ring (bicyclic) bond motifs is 1. The number of anilines is 2. The molecule has 0 amide bonds. The zero-order chi connectivity index (χ0) is 25.8. The third-order valence-electron chi connectivity index (χ3n) is 7.38. The van der Waals surface area contributed by atoms with E-state index in [0.717, 1.165) is 30.0 Å². The van der Waals surface area contributed by atoms with Crippen LogP contribution in [0, 0.1) is 12.3 Å². The fraction of sp³-hybridized carbons (Fsp3) is 0.565. The lowest BCUT2D eigenvalue weighted by atomic mass is 9.78. The smallest absolute Gasteiger partial charge is 0.371 e. The van der Waals surface area contributed by atoms with Crippen LogP contribution in [0.5, 0.6) is 0 Å². The Morgan fingerprint density at radius 2 is 1.78 bits per heavy atom. The first-order valence-electron chi connectivity index (χ1n) is 11.7. The Morgan fingerprint density at radius 3 is 2.42 bits per heavy atom. The molecule has 0 bridgehead atoms. The summed E-state index contributed by atoms with van der Waals surface area (Å²) in [7, 11) is 1.61. The van der Waals surface area contributed by atoms with Crippen LogP contribution in [0.2, 0.25) is 0 Å². The molecule has 5 rings (SSSR count). The fourth-order valence-electron chi connectivity index (χ4n) is 5.42. The predicted molar refractivity (Wildman–Crippen MR) is 123 cm³/mol. The molecule has 1 spiro atoms. The van der Waals surface area contributed by atoms with Gasteiger partial charge in [0, 0.05) is 45.1 Å². The van der Waals surface area contributed by atoms with Gasteiger partial charge in [0.15, 0.2) is 5.65 Å². The van der Waals surface area contributed by atoms with E-state index in [0.29, 0.717) is 43.5 Å². The molecule has 0 aliphatic carbocycles. The van der Waals surface area contributed by atoms with Gasteiger partial charge in [-0.15, -0.1) is 0 Å². The Kier molecular flexibility index (Phi) is 5.91. The van der Waals surface area contributed by atoms with Gasteiger partial charge < -0.3 is 9.80 Å². The average molecular weight is 511 g/mol. The molecule has 2 aliphatic heterocycles. The third kappa shape index (κ3) is 4.28. The summed E-state index contributed by atoms with van der Waals surface area (Å²) < 4.78 is 67.9. The number of nitrogens with zero attached hydrogens (tertiary/aromatic N) is 7. The van der Waals surface area contributed by atoms with Crippen LogP contribution in [0.3, 0.4) is 0 Å². The Hall–Kier alpha value is -3.25. The van der Waals surface area contributed by atoms with Gasteiger partial charge in [0.25, 0.3) is 12.0 Å². The standard InChI is InChI=1S/C23H26F5N7O/c1-14-18-19(35(31-14)12-17(24)25)30-21(32(2)20(18)36)33-8-4-22(5-9-33)6-10-34(13-22)15-3-7-29-16(11-15)23(26,27)28/h3,7,11,17H,4-6,8-10,12-13H2,1-2H3. The topological polar surface area (TPSA) is 72.1 Å². The van der Waals surface area contributed by atoms with E-state index in [2.05, 4.69) is 15.1 Å². The summed E-state index contributed by atoms with van der Waals surface area (Å²) >= 11 is 0. The average Bonchev–Trinajstić information content (AvgIpc) is 3.37. The van der Waals surface area contributed by atoms with Crippen LogP contribution in [-0.4, -0.2) is 56.9 Å². The number of aryl methyl sites for hydroxylation is 1. The predicted octanol–water partition coefficient (Wildman–Crippen LogP) is 3.61. The summed E-state index contributed by atoms with van der Waals surface area (Å²) in [5.74, 6) is 0.400. The lowest BCUT2D eigenvalue weighted by molar-refractivity contribution is -0.141. The van der Waals surface area contributed by atoms with Crippen molar-refractivity contribution in [1.29, 1.82) is 0 Å². The number of rotatable bonds is 4. The van der Waals surface area contributed by atoms with Crippen molar-refractivity contribution in [1.82, 2.24) is 24.3 Å². The zero-order valence-electron chi connectivity index (χ0n) is 19.9. The van der Waals surface area contributed by atoms with Crippen molar-refractivity contribution in [3.63, 3.8) is 0 Å². The molecule has 8 nitrogen and oxygen atoms in total. The van der Waals surface area contributed by atoms with Crippen molar-refractivity contribution >= 4 is 22.7 Å². The van der Waals surface area contributed by atoms with Gasteiger partial charge in [0.05, 0.1) is 5.69 Å². The molecular weight excluding hydrogens is 485 g/mol. The monoisotopic (exact) mass is 511 g/mol. The van der Waals surface area contributed by atoms with E-state index >= 15 is 0 Å². The van der Waals surface area contributed by atoms with Crippen LogP contribution >= 0.6 is 0 Å². The largest absolute Gasteiger partial charge is 0.433 e. The molecule has 2 saturated heterocycles. The van der Waals surface area contributed by atoms with Gasteiger partial charge in [-0.2, -0.15) is 23.3 Å². The molecule has 0 unspecified atom stereocenters. The van der Waals surface area contributed by atoms with Crippen molar-refractivity contribution < 1.29 is 22.0 Å². The van der Waals surface area contributed by atoms with Gasteiger partial charge in [0.2, 0.25) is 5.95 Å². The summed E-state index contributed by atoms with van der Waals surface area (Å²) in [6, 6.07) is 2.69. The molecule has 0 saturated carbocycles. The third-order valence-corrected chi connectivity index (χ3v) is 7.38. The molecule has 13 heteroatoms. The van der Waals surface area contributed by atoms with Gasteiger partial charge >= 0.3 is 6.18 Å². The second-order valence-electron chi connectivity index (χ2n) is 9.69. The van der Waals surface area contributed by atoms with E-state index in [9.17, 15) is 26.7 Å². The molecule has 0 aromatic carbocycles. The number of alkyl halides is 5. The Morgan fingerprint density at radius 1 is 1.11 bits per heavy atom.